The molecule has 2 N–H and O–H groups in total. The number of amides is 2. The van der Waals surface area contributed by atoms with Crippen molar-refractivity contribution in [1.29, 1.82) is 0 Å². The summed E-state index contributed by atoms with van der Waals surface area (Å²) in [6.45, 7) is -2.08. The zero-order chi connectivity index (χ0) is 34.7. The van der Waals surface area contributed by atoms with E-state index in [0.29, 0.717) is 26.3 Å². The fourth-order valence-electron chi connectivity index (χ4n) is 4.77. The van der Waals surface area contributed by atoms with Gasteiger partial charge in [0, 0.05) is 28.7 Å². The Bertz CT molecular complexity index is 2060. The lowest BCUT2D eigenvalue weighted by atomic mass is 10.1. The molecule has 5 aromatic rings. The van der Waals surface area contributed by atoms with E-state index in [0.717, 1.165) is 40.2 Å². The van der Waals surface area contributed by atoms with Crippen LogP contribution in [0.25, 0.3) is 26.5 Å². The van der Waals surface area contributed by atoms with Gasteiger partial charge in [-0.2, -0.15) is 13.2 Å². The number of carbonyl (C=O) groups excluding carboxylic acids is 1. The SMILES string of the molecule is CONC(=O)Nc1ccc(-c2sc3c(c2CN(C)C)c(=O)n(-c2ccc(OCC(F)(F)F)nn2)c(=O)n3Cc2c(F)cccc2F)cc1. The summed E-state index contributed by atoms with van der Waals surface area (Å²) in [5, 5.41) is 9.96. The predicted octanol–water partition coefficient (Wildman–Crippen LogP) is 4.68. The molecule has 5 rings (SSSR count). The standard InChI is InChI=1S/C30H26F5N7O5S/c1-40(2)13-19-24-26(43)42(22-11-12-23(38-37-22)47-15-30(33,34)35)29(45)41(14-18-20(31)5-4-6-21(18)32)27(24)48-25(19)16-7-9-17(10-8-16)36-28(44)39-46-3/h4-12H,13-15H2,1-3H3,(H2,36,39,44). The molecule has 0 radical (unpaired) electrons. The lowest BCUT2D eigenvalue weighted by molar-refractivity contribution is -0.154. The van der Waals surface area contributed by atoms with E-state index in [-0.39, 0.29) is 22.6 Å². The van der Waals surface area contributed by atoms with Crippen LogP contribution in [-0.2, 0) is 17.9 Å². The van der Waals surface area contributed by atoms with E-state index in [1.54, 1.807) is 43.3 Å². The van der Waals surface area contributed by atoms with Gasteiger partial charge in [0.1, 0.15) is 16.5 Å². The van der Waals surface area contributed by atoms with Crippen molar-refractivity contribution in [1.82, 2.24) is 29.7 Å². The quantitative estimate of drug-likeness (QED) is 0.159. The number of halogens is 5. The molecular weight excluding hydrogens is 665 g/mol. The van der Waals surface area contributed by atoms with Crippen molar-refractivity contribution in [2.45, 2.75) is 19.3 Å². The van der Waals surface area contributed by atoms with Crippen LogP contribution < -0.4 is 26.8 Å². The van der Waals surface area contributed by atoms with Crippen LogP contribution in [0.15, 0.2) is 64.2 Å². The van der Waals surface area contributed by atoms with Crippen molar-refractivity contribution in [3.8, 4) is 22.1 Å². The van der Waals surface area contributed by atoms with Crippen LogP contribution in [-0.4, -0.2) is 64.3 Å². The number of carbonyl (C=O) groups is 1. The summed E-state index contributed by atoms with van der Waals surface area (Å²) in [4.78, 5) is 47.1. The Morgan fingerprint density at radius 3 is 2.25 bits per heavy atom. The van der Waals surface area contributed by atoms with Crippen LogP contribution in [0.2, 0.25) is 0 Å². The molecule has 0 aliphatic rings. The number of ether oxygens (including phenoxy) is 1. The highest BCUT2D eigenvalue weighted by Gasteiger charge is 2.29. The number of urea groups is 1. The van der Waals surface area contributed by atoms with Crippen molar-refractivity contribution in [3.05, 3.63) is 98.2 Å². The van der Waals surface area contributed by atoms with Crippen LogP contribution >= 0.6 is 11.3 Å². The summed E-state index contributed by atoms with van der Waals surface area (Å²) in [5.41, 5.74) is 1.30. The minimum Gasteiger partial charge on any atom is -0.467 e. The smallest absolute Gasteiger partial charge is 0.422 e. The molecule has 252 valence electrons. The molecule has 18 heteroatoms. The van der Waals surface area contributed by atoms with E-state index in [1.807, 2.05) is 0 Å². The van der Waals surface area contributed by atoms with E-state index in [2.05, 4.69) is 30.6 Å². The Morgan fingerprint density at radius 1 is 0.979 bits per heavy atom. The molecule has 0 saturated heterocycles. The Labute approximate surface area is 271 Å². The second-order valence-corrected chi connectivity index (χ2v) is 11.5. The van der Waals surface area contributed by atoms with Crippen LogP contribution in [0.4, 0.5) is 32.4 Å². The number of rotatable bonds is 10. The second kappa shape index (κ2) is 13.9. The largest absolute Gasteiger partial charge is 0.467 e. The van der Waals surface area contributed by atoms with Gasteiger partial charge in [-0.1, -0.05) is 18.2 Å². The highest BCUT2D eigenvalue weighted by atomic mass is 32.1. The van der Waals surface area contributed by atoms with Crippen molar-refractivity contribution in [2.75, 3.05) is 33.1 Å². The number of fused-ring (bicyclic) bond motifs is 1. The number of aromatic nitrogens is 4. The molecule has 3 aromatic heterocycles. The molecule has 0 aliphatic carbocycles. The first-order valence-corrected chi connectivity index (χ1v) is 14.7. The van der Waals surface area contributed by atoms with E-state index in [9.17, 15) is 36.3 Å². The summed E-state index contributed by atoms with van der Waals surface area (Å²) < 4.78 is 73.9. The average molecular weight is 692 g/mol. The first kappa shape index (κ1) is 34.1. The number of hydrogen-bond acceptors (Lipinski definition) is 9. The monoisotopic (exact) mass is 691 g/mol. The molecule has 0 saturated carbocycles. The number of nitrogens with zero attached hydrogens (tertiary/aromatic N) is 5. The van der Waals surface area contributed by atoms with E-state index in [4.69, 9.17) is 0 Å². The number of thiophene rings is 1. The molecule has 2 amide bonds. The maximum absolute atomic E-state index is 14.9. The normalized spacial score (nSPS) is 11.7. The van der Waals surface area contributed by atoms with Gasteiger partial charge in [0.05, 0.1) is 19.0 Å². The number of hydrogen-bond donors (Lipinski definition) is 2. The summed E-state index contributed by atoms with van der Waals surface area (Å²) in [6, 6.07) is 11.3. The summed E-state index contributed by atoms with van der Waals surface area (Å²) in [6.07, 6.45) is -4.65. The zero-order valence-corrected chi connectivity index (χ0v) is 26.2. The van der Waals surface area contributed by atoms with E-state index in [1.165, 1.54) is 13.2 Å². The minimum absolute atomic E-state index is 0.0425. The Kier molecular flexibility index (Phi) is 9.87. The van der Waals surface area contributed by atoms with Gasteiger partial charge in [-0.3, -0.25) is 14.2 Å². The van der Waals surface area contributed by atoms with Gasteiger partial charge < -0.3 is 15.0 Å². The Morgan fingerprint density at radius 2 is 1.67 bits per heavy atom. The van der Waals surface area contributed by atoms with Crippen LogP contribution in [0.1, 0.15) is 11.1 Å². The predicted molar refractivity (Wildman–Crippen MR) is 166 cm³/mol. The first-order chi connectivity index (χ1) is 22.8. The maximum Gasteiger partial charge on any atom is 0.422 e. The average Bonchev–Trinajstić information content (AvgIpc) is 3.38. The van der Waals surface area contributed by atoms with Crippen molar-refractivity contribution < 1.29 is 36.3 Å². The number of hydroxylamine groups is 1. The van der Waals surface area contributed by atoms with E-state index >= 15 is 0 Å². The molecule has 0 spiro atoms. The van der Waals surface area contributed by atoms with Crippen molar-refractivity contribution in [2.24, 2.45) is 0 Å². The molecule has 3 heterocycles. The van der Waals surface area contributed by atoms with Crippen molar-refractivity contribution >= 4 is 33.3 Å². The lowest BCUT2D eigenvalue weighted by Gasteiger charge is -2.14. The van der Waals surface area contributed by atoms with Crippen LogP contribution in [0, 0.1) is 11.6 Å². The fourth-order valence-corrected chi connectivity index (χ4v) is 6.07. The van der Waals surface area contributed by atoms with Crippen LogP contribution in [0.3, 0.4) is 0 Å². The van der Waals surface area contributed by atoms with E-state index < -0.39 is 59.7 Å². The first-order valence-electron chi connectivity index (χ1n) is 13.9. The van der Waals surface area contributed by atoms with Gasteiger partial charge in [0.25, 0.3) is 5.56 Å². The topological polar surface area (TPSA) is 133 Å². The Hall–Kier alpha value is -5.20. The fraction of sp³-hybridized carbons (Fsp3) is 0.233. The summed E-state index contributed by atoms with van der Waals surface area (Å²) >= 11 is 1.04. The molecule has 12 nitrogen and oxygen atoms in total. The number of alkyl halides is 3. The number of benzene rings is 2. The molecule has 0 atom stereocenters. The third kappa shape index (κ3) is 7.35. The van der Waals surface area contributed by atoms with Gasteiger partial charge in [0.15, 0.2) is 12.4 Å². The summed E-state index contributed by atoms with van der Waals surface area (Å²) in [5.74, 6) is -2.72. The second-order valence-electron chi connectivity index (χ2n) is 10.5. The van der Waals surface area contributed by atoms with Gasteiger partial charge >= 0.3 is 17.9 Å². The van der Waals surface area contributed by atoms with Gasteiger partial charge in [-0.25, -0.2) is 28.4 Å². The molecule has 0 fully saturated rings. The highest BCUT2D eigenvalue weighted by molar-refractivity contribution is 7.22. The number of anilines is 1. The Balaban J connectivity index is 1.73. The molecule has 0 aliphatic heterocycles. The van der Waals surface area contributed by atoms with Crippen LogP contribution in [0.5, 0.6) is 5.88 Å². The number of nitrogens with one attached hydrogen (secondary N) is 2. The third-order valence-corrected chi connectivity index (χ3v) is 8.07. The van der Waals surface area contributed by atoms with Gasteiger partial charge in [-0.05, 0) is 55.6 Å². The van der Waals surface area contributed by atoms with Gasteiger partial charge in [-0.15, -0.1) is 21.5 Å². The molecule has 2 aromatic carbocycles. The maximum atomic E-state index is 14.9. The molecular formula is C30H26F5N7O5S. The molecule has 0 unspecified atom stereocenters. The summed E-state index contributed by atoms with van der Waals surface area (Å²) in [7, 11) is 4.78. The molecule has 0 bridgehead atoms. The minimum atomic E-state index is -4.65. The zero-order valence-electron chi connectivity index (χ0n) is 25.4. The van der Waals surface area contributed by atoms with Crippen molar-refractivity contribution in [3.63, 3.8) is 0 Å². The van der Waals surface area contributed by atoms with Gasteiger partial charge in [0.2, 0.25) is 5.88 Å². The molecule has 48 heavy (non-hydrogen) atoms. The third-order valence-electron chi connectivity index (χ3n) is 6.76. The highest BCUT2D eigenvalue weighted by Crippen LogP contribution is 2.38. The lowest BCUT2D eigenvalue weighted by Crippen LogP contribution is -2.39.